The van der Waals surface area contributed by atoms with Crippen LogP contribution in [0, 0.1) is 5.92 Å². The van der Waals surface area contributed by atoms with E-state index in [1.165, 1.54) is 12.0 Å². The maximum absolute atomic E-state index is 13.5. The summed E-state index contributed by atoms with van der Waals surface area (Å²) in [6.07, 6.45) is 3.53. The van der Waals surface area contributed by atoms with Crippen LogP contribution in [-0.2, 0) is 22.6 Å². The van der Waals surface area contributed by atoms with Gasteiger partial charge < -0.3 is 10.1 Å². The van der Waals surface area contributed by atoms with Crippen LogP contribution in [0.2, 0.25) is 15.1 Å². The van der Waals surface area contributed by atoms with E-state index in [-0.39, 0.29) is 24.5 Å². The molecule has 1 saturated heterocycles. The Bertz CT molecular complexity index is 1650. The van der Waals surface area contributed by atoms with Crippen LogP contribution in [0.4, 0.5) is 16.2 Å². The van der Waals surface area contributed by atoms with Crippen molar-refractivity contribution in [2.24, 2.45) is 5.92 Å². The second-order valence-electron chi connectivity index (χ2n) is 10.4. The van der Waals surface area contributed by atoms with E-state index in [1.54, 1.807) is 30.6 Å². The van der Waals surface area contributed by atoms with E-state index in [0.717, 1.165) is 27.8 Å². The van der Waals surface area contributed by atoms with Gasteiger partial charge in [0.05, 0.1) is 34.4 Å². The fraction of sp³-hybridized carbons (Fsp3) is 0.219. The second-order valence-corrected chi connectivity index (χ2v) is 11.6. The van der Waals surface area contributed by atoms with Crippen LogP contribution in [0.5, 0.6) is 0 Å². The summed E-state index contributed by atoms with van der Waals surface area (Å²) >= 11 is 20.0. The number of likely N-dealkylation sites (tertiary alicyclic amines) is 1. The molecule has 1 N–H and O–H groups in total. The third-order valence-electron chi connectivity index (χ3n) is 7.92. The summed E-state index contributed by atoms with van der Waals surface area (Å²) in [6.45, 7) is 2.09. The first-order chi connectivity index (χ1) is 20.4. The fourth-order valence-electron chi connectivity index (χ4n) is 5.96. The maximum atomic E-state index is 13.5. The Morgan fingerprint density at radius 1 is 0.952 bits per heavy atom. The number of methoxy groups -OCH3 is 1. The molecule has 0 spiro atoms. The average molecular weight is 622 g/mol. The molecule has 1 unspecified atom stereocenters. The number of hydrogen-bond donors (Lipinski definition) is 1. The van der Waals surface area contributed by atoms with Gasteiger partial charge in [-0.15, -0.1) is 0 Å². The van der Waals surface area contributed by atoms with Crippen molar-refractivity contribution in [3.8, 4) is 11.1 Å². The zero-order chi connectivity index (χ0) is 29.4. The molecule has 0 saturated carbocycles. The first-order valence-corrected chi connectivity index (χ1v) is 14.6. The fourth-order valence-corrected chi connectivity index (χ4v) is 6.77. The zero-order valence-electron chi connectivity index (χ0n) is 22.7. The van der Waals surface area contributed by atoms with E-state index in [4.69, 9.17) is 39.5 Å². The molecule has 3 aromatic carbocycles. The minimum atomic E-state index is -0.413. The first-order valence-electron chi connectivity index (χ1n) is 13.5. The first kappa shape index (κ1) is 28.5. The number of nitrogens with one attached hydrogen (secondary N) is 1. The Labute approximate surface area is 259 Å². The van der Waals surface area contributed by atoms with E-state index < -0.39 is 5.92 Å². The van der Waals surface area contributed by atoms with E-state index in [9.17, 15) is 9.59 Å². The SMILES string of the molecule is COC(=O)[C@H]1CN(Cc2ccncc2)CC1c1cc(-c2ccccc2Cl)c2c(c1)N(c1c(Cl)cccc1Cl)C(=O)NC2. The summed E-state index contributed by atoms with van der Waals surface area (Å²) in [5.41, 5.74) is 5.56. The molecule has 214 valence electrons. The Morgan fingerprint density at radius 2 is 1.67 bits per heavy atom. The Kier molecular flexibility index (Phi) is 8.10. The standard InChI is InChI=1S/C32H27Cl3N4O3/c1-42-31(40)25-18-38(16-19-9-11-36-12-10-19)17-24(25)20-13-22(21-5-2-3-6-26(21)33)23-15-37-32(41)39(29(23)14-20)30-27(34)7-4-8-28(30)35/h2-14,24-25H,15-18H2,1H3,(H,37,41)/t24?,25-/m0/s1. The molecule has 0 radical (unpaired) electrons. The number of pyridine rings is 1. The van der Waals surface area contributed by atoms with Crippen LogP contribution in [0.3, 0.4) is 0 Å². The number of carbonyl (C=O) groups is 2. The number of fused-ring (bicyclic) bond motifs is 1. The van der Waals surface area contributed by atoms with E-state index in [0.29, 0.717) is 46.1 Å². The van der Waals surface area contributed by atoms with Gasteiger partial charge in [-0.2, -0.15) is 0 Å². The van der Waals surface area contributed by atoms with Gasteiger partial charge in [-0.05, 0) is 53.1 Å². The summed E-state index contributed by atoms with van der Waals surface area (Å²) in [7, 11) is 1.42. The van der Waals surface area contributed by atoms with E-state index in [2.05, 4.69) is 21.3 Å². The molecular weight excluding hydrogens is 595 g/mol. The average Bonchev–Trinajstić information content (AvgIpc) is 3.41. The molecule has 3 heterocycles. The number of halogens is 3. The lowest BCUT2D eigenvalue weighted by molar-refractivity contribution is -0.145. The predicted molar refractivity (Wildman–Crippen MR) is 165 cm³/mol. The Morgan fingerprint density at radius 3 is 2.38 bits per heavy atom. The molecule has 0 bridgehead atoms. The number of esters is 1. The Hall–Kier alpha value is -3.62. The summed E-state index contributed by atoms with van der Waals surface area (Å²) < 4.78 is 5.26. The van der Waals surface area contributed by atoms with Crippen molar-refractivity contribution in [3.05, 3.63) is 111 Å². The lowest BCUT2D eigenvalue weighted by atomic mass is 9.84. The number of hydrogen-bond acceptors (Lipinski definition) is 5. The number of aromatic nitrogens is 1. The molecular formula is C32H27Cl3N4O3. The van der Waals surface area contributed by atoms with Gasteiger partial charge in [0.15, 0.2) is 0 Å². The summed E-state index contributed by atoms with van der Waals surface area (Å²) in [6, 6.07) is 20.4. The minimum absolute atomic E-state index is 0.209. The van der Waals surface area contributed by atoms with Crippen LogP contribution in [0.1, 0.15) is 22.6 Å². The van der Waals surface area contributed by atoms with Crippen molar-refractivity contribution in [1.29, 1.82) is 0 Å². The highest BCUT2D eigenvalue weighted by atomic mass is 35.5. The summed E-state index contributed by atoms with van der Waals surface area (Å²) in [5, 5.41) is 4.22. The zero-order valence-corrected chi connectivity index (χ0v) is 25.0. The molecule has 7 nitrogen and oxygen atoms in total. The van der Waals surface area contributed by atoms with Crippen molar-refractivity contribution in [3.63, 3.8) is 0 Å². The molecule has 1 fully saturated rings. The van der Waals surface area contributed by atoms with E-state index in [1.807, 2.05) is 42.5 Å². The second kappa shape index (κ2) is 11.9. The number of ether oxygens (including phenoxy) is 1. The van der Waals surface area contributed by atoms with Crippen molar-refractivity contribution in [1.82, 2.24) is 15.2 Å². The van der Waals surface area contributed by atoms with Gasteiger partial charge in [-0.3, -0.25) is 19.6 Å². The van der Waals surface area contributed by atoms with Crippen LogP contribution >= 0.6 is 34.8 Å². The van der Waals surface area contributed by atoms with Gasteiger partial charge in [0.25, 0.3) is 0 Å². The summed E-state index contributed by atoms with van der Waals surface area (Å²) in [4.78, 5) is 34.5. The normalized spacial score (nSPS) is 18.5. The molecule has 2 aliphatic heterocycles. The number of rotatable bonds is 6. The predicted octanol–water partition coefficient (Wildman–Crippen LogP) is 7.46. The van der Waals surface area contributed by atoms with Crippen LogP contribution in [0.25, 0.3) is 11.1 Å². The van der Waals surface area contributed by atoms with Gasteiger partial charge in [0.1, 0.15) is 0 Å². The minimum Gasteiger partial charge on any atom is -0.469 e. The molecule has 1 aromatic heterocycles. The van der Waals surface area contributed by atoms with Gasteiger partial charge in [-0.25, -0.2) is 4.79 Å². The van der Waals surface area contributed by atoms with Crippen LogP contribution < -0.4 is 10.2 Å². The van der Waals surface area contributed by atoms with Crippen molar-refractivity contribution < 1.29 is 14.3 Å². The number of para-hydroxylation sites is 1. The number of urea groups is 1. The van der Waals surface area contributed by atoms with Gasteiger partial charge in [0, 0.05) is 60.6 Å². The Balaban J connectivity index is 1.52. The molecule has 2 amide bonds. The molecule has 2 aliphatic rings. The molecule has 10 heteroatoms. The highest BCUT2D eigenvalue weighted by Gasteiger charge is 2.41. The van der Waals surface area contributed by atoms with Gasteiger partial charge in [-0.1, -0.05) is 65.1 Å². The van der Waals surface area contributed by atoms with Crippen molar-refractivity contribution in [2.75, 3.05) is 25.1 Å². The smallest absolute Gasteiger partial charge is 0.326 e. The molecule has 6 rings (SSSR count). The lowest BCUT2D eigenvalue weighted by Gasteiger charge is -2.34. The number of benzene rings is 3. The van der Waals surface area contributed by atoms with Gasteiger partial charge in [0.2, 0.25) is 0 Å². The summed E-state index contributed by atoms with van der Waals surface area (Å²) in [5.74, 6) is -0.902. The lowest BCUT2D eigenvalue weighted by Crippen LogP contribution is -2.42. The maximum Gasteiger partial charge on any atom is 0.326 e. The highest BCUT2D eigenvalue weighted by molar-refractivity contribution is 6.40. The third kappa shape index (κ3) is 5.34. The quantitative estimate of drug-likeness (QED) is 0.226. The number of carbonyl (C=O) groups excluding carboxylic acids is 2. The monoisotopic (exact) mass is 620 g/mol. The third-order valence-corrected chi connectivity index (χ3v) is 8.86. The van der Waals surface area contributed by atoms with Gasteiger partial charge >= 0.3 is 12.0 Å². The van der Waals surface area contributed by atoms with Crippen LogP contribution in [-0.4, -0.2) is 42.1 Å². The largest absolute Gasteiger partial charge is 0.469 e. The highest BCUT2D eigenvalue weighted by Crippen LogP contribution is 2.47. The number of nitrogens with zero attached hydrogens (tertiary/aromatic N) is 3. The molecule has 4 aromatic rings. The molecule has 0 aliphatic carbocycles. The topological polar surface area (TPSA) is 74.8 Å². The number of amides is 2. The molecule has 42 heavy (non-hydrogen) atoms. The molecule has 2 atom stereocenters. The van der Waals surface area contributed by atoms with E-state index >= 15 is 0 Å². The van der Waals surface area contributed by atoms with Crippen LogP contribution in [0.15, 0.2) is 79.1 Å². The van der Waals surface area contributed by atoms with Crippen molar-refractivity contribution in [2.45, 2.75) is 19.0 Å². The number of anilines is 2. The van der Waals surface area contributed by atoms with Crippen molar-refractivity contribution >= 4 is 58.2 Å².